The van der Waals surface area contributed by atoms with Gasteiger partial charge in [-0.2, -0.15) is 0 Å². The van der Waals surface area contributed by atoms with E-state index in [2.05, 4.69) is 10.6 Å². The Kier molecular flexibility index (Phi) is 9.69. The van der Waals surface area contributed by atoms with E-state index in [1.807, 2.05) is 0 Å². The van der Waals surface area contributed by atoms with E-state index in [1.54, 1.807) is 31.4 Å². The fraction of sp³-hybridized carbons (Fsp3) is 0.417. The average Bonchev–Trinajstić information content (AvgIpc) is 2.33. The quantitative estimate of drug-likeness (QED) is 0.753. The number of methoxy groups -OCH3 is 1. The number of carbonyl (C=O) groups is 1. The molecule has 4 nitrogen and oxygen atoms in total. The van der Waals surface area contributed by atoms with Gasteiger partial charge in [0.15, 0.2) is 0 Å². The Balaban J connectivity index is 0.00000289. The number of amides is 1. The monoisotopic (exact) mass is 292 g/mol. The van der Waals surface area contributed by atoms with Gasteiger partial charge >= 0.3 is 0 Å². The second-order valence-electron chi connectivity index (χ2n) is 3.51. The first-order valence-corrected chi connectivity index (χ1v) is 5.85. The largest absolute Gasteiger partial charge is 0.383 e. The molecule has 1 rings (SSSR count). The minimum atomic E-state index is -0.110. The van der Waals surface area contributed by atoms with Crippen LogP contribution < -0.4 is 10.6 Å². The highest BCUT2D eigenvalue weighted by atomic mass is 35.5. The fourth-order valence-electron chi connectivity index (χ4n) is 1.30. The Morgan fingerprint density at radius 3 is 2.78 bits per heavy atom. The number of hydrogen-bond donors (Lipinski definition) is 2. The number of carbonyl (C=O) groups excluding carboxylic acids is 1. The van der Waals surface area contributed by atoms with Gasteiger partial charge in [-0.1, -0.05) is 17.7 Å². The highest BCUT2D eigenvalue weighted by molar-refractivity contribution is 6.30. The van der Waals surface area contributed by atoms with Crippen LogP contribution in [0.15, 0.2) is 24.3 Å². The molecule has 0 aliphatic rings. The Labute approximate surface area is 118 Å². The van der Waals surface area contributed by atoms with Gasteiger partial charge in [0, 0.05) is 37.3 Å². The van der Waals surface area contributed by atoms with E-state index in [1.165, 1.54) is 0 Å². The highest BCUT2D eigenvalue weighted by Gasteiger charge is 2.04. The van der Waals surface area contributed by atoms with Crippen molar-refractivity contribution in [2.45, 2.75) is 0 Å². The summed E-state index contributed by atoms with van der Waals surface area (Å²) in [6.07, 6.45) is 0. The summed E-state index contributed by atoms with van der Waals surface area (Å²) in [7, 11) is 1.66. The van der Waals surface area contributed by atoms with Gasteiger partial charge < -0.3 is 15.4 Å². The molecule has 0 spiro atoms. The van der Waals surface area contributed by atoms with E-state index >= 15 is 0 Å². The second-order valence-corrected chi connectivity index (χ2v) is 3.95. The molecule has 0 aliphatic heterocycles. The molecule has 2 N–H and O–H groups in total. The van der Waals surface area contributed by atoms with Crippen LogP contribution in [0.1, 0.15) is 10.4 Å². The summed E-state index contributed by atoms with van der Waals surface area (Å²) >= 11 is 5.80. The molecule has 0 saturated heterocycles. The molecule has 0 aliphatic carbocycles. The summed E-state index contributed by atoms with van der Waals surface area (Å²) in [5, 5.41) is 6.51. The fourth-order valence-corrected chi connectivity index (χ4v) is 1.49. The number of hydrogen-bond acceptors (Lipinski definition) is 3. The topological polar surface area (TPSA) is 50.4 Å². The third-order valence-corrected chi connectivity index (χ3v) is 2.39. The molecule has 6 heteroatoms. The second kappa shape index (κ2) is 10.1. The minimum absolute atomic E-state index is 0. The molecular formula is C12H18Cl2N2O2. The smallest absolute Gasteiger partial charge is 0.251 e. The van der Waals surface area contributed by atoms with Crippen LogP contribution in [0.2, 0.25) is 5.02 Å². The van der Waals surface area contributed by atoms with Gasteiger partial charge in [0.05, 0.1) is 6.61 Å². The number of ether oxygens (including phenoxy) is 1. The van der Waals surface area contributed by atoms with Crippen molar-refractivity contribution in [2.24, 2.45) is 0 Å². The third-order valence-electron chi connectivity index (χ3n) is 2.16. The molecule has 18 heavy (non-hydrogen) atoms. The molecule has 102 valence electrons. The lowest BCUT2D eigenvalue weighted by Crippen LogP contribution is -2.33. The summed E-state index contributed by atoms with van der Waals surface area (Å²) in [5.74, 6) is -0.110. The van der Waals surface area contributed by atoms with Crippen LogP contribution >= 0.6 is 24.0 Å². The van der Waals surface area contributed by atoms with Crippen molar-refractivity contribution in [3.05, 3.63) is 34.9 Å². The molecular weight excluding hydrogens is 275 g/mol. The van der Waals surface area contributed by atoms with Crippen LogP contribution in [0.5, 0.6) is 0 Å². The van der Waals surface area contributed by atoms with Gasteiger partial charge in [-0.15, -0.1) is 12.4 Å². The van der Waals surface area contributed by atoms with Crippen molar-refractivity contribution in [1.82, 2.24) is 10.6 Å². The number of rotatable bonds is 7. The zero-order valence-electron chi connectivity index (χ0n) is 10.2. The first kappa shape index (κ1) is 17.2. The van der Waals surface area contributed by atoms with E-state index in [4.69, 9.17) is 16.3 Å². The van der Waals surface area contributed by atoms with E-state index in [9.17, 15) is 4.79 Å². The predicted octanol–water partition coefficient (Wildman–Crippen LogP) is 1.73. The summed E-state index contributed by atoms with van der Waals surface area (Å²) in [6.45, 7) is 2.75. The maximum atomic E-state index is 11.7. The summed E-state index contributed by atoms with van der Waals surface area (Å²) in [4.78, 5) is 11.7. The molecule has 0 aromatic heterocycles. The van der Waals surface area contributed by atoms with Gasteiger partial charge in [0.2, 0.25) is 0 Å². The third kappa shape index (κ3) is 6.81. The van der Waals surface area contributed by atoms with Gasteiger partial charge in [-0.05, 0) is 18.2 Å². The van der Waals surface area contributed by atoms with Crippen LogP contribution in [-0.2, 0) is 4.74 Å². The van der Waals surface area contributed by atoms with Gasteiger partial charge in [0.1, 0.15) is 0 Å². The van der Waals surface area contributed by atoms with Gasteiger partial charge in [-0.25, -0.2) is 0 Å². The van der Waals surface area contributed by atoms with Gasteiger partial charge in [-0.3, -0.25) is 4.79 Å². The Morgan fingerprint density at radius 2 is 2.11 bits per heavy atom. The molecule has 0 radical (unpaired) electrons. The van der Waals surface area contributed by atoms with Crippen molar-refractivity contribution in [3.8, 4) is 0 Å². The lowest BCUT2D eigenvalue weighted by molar-refractivity contribution is 0.0953. The molecule has 1 aromatic rings. The minimum Gasteiger partial charge on any atom is -0.383 e. The number of benzene rings is 1. The number of nitrogens with one attached hydrogen (secondary N) is 2. The molecule has 1 aromatic carbocycles. The Bertz CT molecular complexity index is 362. The molecule has 0 bridgehead atoms. The molecule has 1 amide bonds. The molecule has 0 fully saturated rings. The van der Waals surface area contributed by atoms with Crippen LogP contribution in [0.3, 0.4) is 0 Å². The molecule has 0 unspecified atom stereocenters. The predicted molar refractivity (Wildman–Crippen MR) is 75.8 cm³/mol. The van der Waals surface area contributed by atoms with Crippen molar-refractivity contribution in [3.63, 3.8) is 0 Å². The first-order chi connectivity index (χ1) is 8.24. The van der Waals surface area contributed by atoms with Crippen LogP contribution in [0, 0.1) is 0 Å². The van der Waals surface area contributed by atoms with E-state index < -0.39 is 0 Å². The summed E-state index contributed by atoms with van der Waals surface area (Å²) in [6, 6.07) is 6.88. The maximum Gasteiger partial charge on any atom is 0.251 e. The summed E-state index contributed by atoms with van der Waals surface area (Å²) < 4.78 is 4.89. The zero-order chi connectivity index (χ0) is 12.5. The lowest BCUT2D eigenvalue weighted by Gasteiger charge is -2.06. The number of halogens is 2. The molecule has 0 atom stereocenters. The normalized spacial score (nSPS) is 9.67. The van der Waals surface area contributed by atoms with E-state index in [0.29, 0.717) is 23.7 Å². The van der Waals surface area contributed by atoms with E-state index in [0.717, 1.165) is 13.1 Å². The van der Waals surface area contributed by atoms with Crippen LogP contribution in [0.25, 0.3) is 0 Å². The molecule has 0 heterocycles. The van der Waals surface area contributed by atoms with Crippen molar-refractivity contribution < 1.29 is 9.53 Å². The average molecular weight is 293 g/mol. The van der Waals surface area contributed by atoms with E-state index in [-0.39, 0.29) is 18.3 Å². The Hall–Kier alpha value is -0.810. The zero-order valence-corrected chi connectivity index (χ0v) is 11.8. The van der Waals surface area contributed by atoms with Crippen LogP contribution in [0.4, 0.5) is 0 Å². The lowest BCUT2D eigenvalue weighted by atomic mass is 10.2. The first-order valence-electron chi connectivity index (χ1n) is 5.47. The van der Waals surface area contributed by atoms with Crippen molar-refractivity contribution in [2.75, 3.05) is 33.4 Å². The summed E-state index contributed by atoms with van der Waals surface area (Å²) in [5.41, 5.74) is 0.578. The highest BCUT2D eigenvalue weighted by Crippen LogP contribution is 2.10. The van der Waals surface area contributed by atoms with Crippen molar-refractivity contribution >= 4 is 29.9 Å². The maximum absolute atomic E-state index is 11.7. The molecule has 0 saturated carbocycles. The Morgan fingerprint density at radius 1 is 1.33 bits per heavy atom. The van der Waals surface area contributed by atoms with Gasteiger partial charge in [0.25, 0.3) is 5.91 Å². The standard InChI is InChI=1S/C12H17ClN2O2.ClH/c1-17-8-7-14-5-6-15-12(16)10-3-2-4-11(13)9-10;/h2-4,9,14H,5-8H2,1H3,(H,15,16);1H. The van der Waals surface area contributed by atoms with Crippen molar-refractivity contribution in [1.29, 1.82) is 0 Å². The SMILES string of the molecule is COCCNCCNC(=O)c1cccc(Cl)c1.Cl. The van der Waals surface area contributed by atoms with Crippen LogP contribution in [-0.4, -0.2) is 39.3 Å².